The highest BCUT2D eigenvalue weighted by Gasteiger charge is 2.14. The quantitative estimate of drug-likeness (QED) is 0.519. The van der Waals surface area contributed by atoms with Crippen LogP contribution in [0.4, 0.5) is 0 Å². The van der Waals surface area contributed by atoms with Crippen LogP contribution in [-0.2, 0) is 0 Å². The van der Waals surface area contributed by atoms with Crippen LogP contribution in [0.2, 0.25) is 0 Å². The Hall–Kier alpha value is -2.73. The summed E-state index contributed by atoms with van der Waals surface area (Å²) >= 11 is 3.42. The number of pyridine rings is 1. The maximum absolute atomic E-state index is 5.82. The molecule has 112 valence electrons. The number of hydrogen-bond donors (Lipinski definition) is 0. The largest absolute Gasteiger partial charge is 0.451 e. The topological polar surface area (TPSA) is 65.0 Å². The Morgan fingerprint density at radius 3 is 2.13 bits per heavy atom. The van der Waals surface area contributed by atoms with E-state index in [0.717, 1.165) is 21.4 Å². The zero-order valence-corrected chi connectivity index (χ0v) is 13.4. The molecular formula is C17H10BrN3O2. The molecule has 4 rings (SSSR count). The summed E-state index contributed by atoms with van der Waals surface area (Å²) in [4.78, 5) is 3.97. The van der Waals surface area contributed by atoms with Crippen LogP contribution >= 0.6 is 15.9 Å². The average molecular weight is 368 g/mol. The number of benzene rings is 1. The lowest BCUT2D eigenvalue weighted by Crippen LogP contribution is -1.77. The van der Waals surface area contributed by atoms with Crippen LogP contribution < -0.4 is 0 Å². The zero-order valence-electron chi connectivity index (χ0n) is 11.8. The van der Waals surface area contributed by atoms with Gasteiger partial charge in [-0.15, -0.1) is 10.2 Å². The smallest absolute Gasteiger partial charge is 0.283 e. The maximum atomic E-state index is 5.82. The van der Waals surface area contributed by atoms with Crippen molar-refractivity contribution in [3.05, 3.63) is 65.4 Å². The molecule has 0 unspecified atom stereocenters. The Morgan fingerprint density at radius 2 is 1.35 bits per heavy atom. The minimum Gasteiger partial charge on any atom is -0.451 e. The lowest BCUT2D eigenvalue weighted by atomic mass is 10.2. The fraction of sp³-hybridized carbons (Fsp3) is 0. The summed E-state index contributed by atoms with van der Waals surface area (Å²) in [6.45, 7) is 0. The van der Waals surface area contributed by atoms with E-state index in [4.69, 9.17) is 8.83 Å². The van der Waals surface area contributed by atoms with Gasteiger partial charge in [-0.2, -0.15) is 0 Å². The van der Waals surface area contributed by atoms with E-state index in [9.17, 15) is 0 Å². The van der Waals surface area contributed by atoms with E-state index < -0.39 is 0 Å². The molecule has 0 saturated carbocycles. The van der Waals surface area contributed by atoms with Crippen LogP contribution in [0.5, 0.6) is 0 Å². The lowest BCUT2D eigenvalue weighted by molar-refractivity contribution is 0.530. The number of rotatable bonds is 3. The molecule has 3 aromatic heterocycles. The van der Waals surface area contributed by atoms with Crippen molar-refractivity contribution in [2.24, 2.45) is 0 Å². The summed E-state index contributed by atoms with van der Waals surface area (Å²) in [6, 6.07) is 15.2. The van der Waals surface area contributed by atoms with Gasteiger partial charge in [-0.1, -0.05) is 28.1 Å². The van der Waals surface area contributed by atoms with E-state index >= 15 is 0 Å². The molecule has 0 amide bonds. The fourth-order valence-electron chi connectivity index (χ4n) is 2.16. The molecule has 0 radical (unpaired) electrons. The molecule has 3 heterocycles. The van der Waals surface area contributed by atoms with Gasteiger partial charge in [0.25, 0.3) is 5.89 Å². The first kappa shape index (κ1) is 13.9. The molecule has 6 heteroatoms. The van der Waals surface area contributed by atoms with E-state index in [0.29, 0.717) is 17.5 Å². The molecule has 0 saturated heterocycles. The second kappa shape index (κ2) is 5.81. The molecule has 0 aliphatic carbocycles. The van der Waals surface area contributed by atoms with Crippen LogP contribution in [0.15, 0.2) is 74.2 Å². The Bertz CT molecular complexity index is 930. The van der Waals surface area contributed by atoms with Gasteiger partial charge in [0.15, 0.2) is 5.76 Å². The molecule has 1 aromatic carbocycles. The predicted octanol–water partition coefficient (Wildman–Crippen LogP) is 4.82. The molecule has 0 spiro atoms. The van der Waals surface area contributed by atoms with Gasteiger partial charge in [-0.3, -0.25) is 4.98 Å². The average Bonchev–Trinajstić information content (AvgIpc) is 3.26. The lowest BCUT2D eigenvalue weighted by Gasteiger charge is -1.96. The standard InChI is InChI=1S/C17H10BrN3O2/c18-13-3-1-11(2-4-13)14-5-6-15(22-14)17-21-20-16(23-17)12-7-9-19-10-8-12/h1-10H. The van der Waals surface area contributed by atoms with Gasteiger partial charge >= 0.3 is 0 Å². The molecule has 0 aliphatic heterocycles. The number of nitrogens with zero attached hydrogens (tertiary/aromatic N) is 3. The predicted molar refractivity (Wildman–Crippen MR) is 88.4 cm³/mol. The normalized spacial score (nSPS) is 10.8. The van der Waals surface area contributed by atoms with Crippen molar-refractivity contribution < 1.29 is 8.83 Å². The third-order valence-electron chi connectivity index (χ3n) is 3.30. The van der Waals surface area contributed by atoms with Gasteiger partial charge in [0.2, 0.25) is 5.89 Å². The van der Waals surface area contributed by atoms with E-state index in [2.05, 4.69) is 31.1 Å². The Morgan fingerprint density at radius 1 is 0.652 bits per heavy atom. The molecule has 5 nitrogen and oxygen atoms in total. The first-order valence-electron chi connectivity index (χ1n) is 6.90. The van der Waals surface area contributed by atoms with E-state index in [1.807, 2.05) is 48.5 Å². The molecule has 4 aromatic rings. The highest BCUT2D eigenvalue weighted by atomic mass is 79.9. The number of halogens is 1. The number of aromatic nitrogens is 3. The molecule has 0 bridgehead atoms. The molecule has 0 atom stereocenters. The second-order valence-electron chi connectivity index (χ2n) is 4.82. The summed E-state index contributed by atoms with van der Waals surface area (Å²) in [5.41, 5.74) is 1.80. The van der Waals surface area contributed by atoms with Crippen molar-refractivity contribution in [2.75, 3.05) is 0 Å². The second-order valence-corrected chi connectivity index (χ2v) is 5.73. The minimum absolute atomic E-state index is 0.347. The molecule has 23 heavy (non-hydrogen) atoms. The van der Waals surface area contributed by atoms with Gasteiger partial charge in [0.1, 0.15) is 5.76 Å². The molecular weight excluding hydrogens is 358 g/mol. The van der Waals surface area contributed by atoms with Crippen molar-refractivity contribution in [1.29, 1.82) is 0 Å². The Balaban J connectivity index is 1.65. The van der Waals surface area contributed by atoms with E-state index in [1.165, 1.54) is 0 Å². The van der Waals surface area contributed by atoms with Crippen LogP contribution in [0.25, 0.3) is 34.4 Å². The van der Waals surface area contributed by atoms with Crippen LogP contribution in [0.1, 0.15) is 0 Å². The van der Waals surface area contributed by atoms with Crippen LogP contribution in [0, 0.1) is 0 Å². The first-order chi connectivity index (χ1) is 11.3. The van der Waals surface area contributed by atoms with E-state index in [-0.39, 0.29) is 0 Å². The maximum Gasteiger partial charge on any atom is 0.283 e. The summed E-state index contributed by atoms with van der Waals surface area (Å²) in [7, 11) is 0. The van der Waals surface area contributed by atoms with Gasteiger partial charge in [-0.05, 0) is 36.4 Å². The van der Waals surface area contributed by atoms with Crippen molar-refractivity contribution >= 4 is 15.9 Å². The molecule has 0 aliphatic rings. The summed E-state index contributed by atoms with van der Waals surface area (Å²) in [5, 5.41) is 8.09. The highest BCUT2D eigenvalue weighted by molar-refractivity contribution is 9.10. The SMILES string of the molecule is Brc1ccc(-c2ccc(-c3nnc(-c4ccncc4)o3)o2)cc1. The monoisotopic (exact) mass is 367 g/mol. The van der Waals surface area contributed by atoms with Crippen molar-refractivity contribution in [2.45, 2.75) is 0 Å². The molecule has 0 N–H and O–H groups in total. The number of furan rings is 1. The summed E-state index contributed by atoms with van der Waals surface area (Å²) in [5.74, 6) is 2.07. The zero-order chi connectivity index (χ0) is 15.6. The highest BCUT2D eigenvalue weighted by Crippen LogP contribution is 2.30. The third-order valence-corrected chi connectivity index (χ3v) is 3.83. The minimum atomic E-state index is 0.347. The molecule has 0 fully saturated rings. The van der Waals surface area contributed by atoms with E-state index in [1.54, 1.807) is 12.4 Å². The number of hydrogen-bond acceptors (Lipinski definition) is 5. The van der Waals surface area contributed by atoms with Gasteiger partial charge in [0.05, 0.1) is 0 Å². The van der Waals surface area contributed by atoms with Crippen molar-refractivity contribution in [1.82, 2.24) is 15.2 Å². The Labute approximate surface area is 140 Å². The third kappa shape index (κ3) is 2.80. The fourth-order valence-corrected chi connectivity index (χ4v) is 2.42. The van der Waals surface area contributed by atoms with Crippen molar-refractivity contribution in [3.63, 3.8) is 0 Å². The van der Waals surface area contributed by atoms with Gasteiger partial charge in [-0.25, -0.2) is 0 Å². The Kier molecular flexibility index (Phi) is 3.51. The van der Waals surface area contributed by atoms with Crippen LogP contribution in [0.3, 0.4) is 0 Å². The first-order valence-corrected chi connectivity index (χ1v) is 7.69. The van der Waals surface area contributed by atoms with Gasteiger partial charge < -0.3 is 8.83 Å². The van der Waals surface area contributed by atoms with Crippen LogP contribution in [-0.4, -0.2) is 15.2 Å². The van der Waals surface area contributed by atoms with Gasteiger partial charge in [0, 0.05) is 28.0 Å². The summed E-state index contributed by atoms with van der Waals surface area (Å²) < 4.78 is 12.5. The van der Waals surface area contributed by atoms with Crippen molar-refractivity contribution in [3.8, 4) is 34.4 Å². The summed E-state index contributed by atoms with van der Waals surface area (Å²) in [6.07, 6.45) is 3.36.